The molecule has 0 spiro atoms. The van der Waals surface area contributed by atoms with Crippen LogP contribution < -0.4 is 10.4 Å². The Hall–Kier alpha value is -4.97. The number of nitrogens with zero attached hydrogens (tertiary/aromatic N) is 1. The number of hydrogen-bond donors (Lipinski definition) is 0. The van der Waals surface area contributed by atoms with Gasteiger partial charge in [0.05, 0.1) is 5.76 Å². The zero-order chi connectivity index (χ0) is 34.1. The van der Waals surface area contributed by atoms with Crippen LogP contribution in [-0.2, 0) is 21.0 Å². The van der Waals surface area contributed by atoms with Crippen LogP contribution >= 0.6 is 0 Å². The lowest BCUT2D eigenvalue weighted by molar-refractivity contribution is 0.0782. The number of fused-ring (bicyclic) bond motifs is 1. The minimum atomic E-state index is -1.59. The highest BCUT2D eigenvalue weighted by molar-refractivity contribution is 6.80. The zero-order valence-corrected chi connectivity index (χ0v) is 29.9. The first kappa shape index (κ1) is 32.2. The molecule has 5 aromatic carbocycles. The average molecular weight is 673 g/mol. The molecule has 1 radical (unpaired) electrons. The van der Waals surface area contributed by atoms with E-state index in [-0.39, 0.29) is 17.4 Å². The summed E-state index contributed by atoms with van der Waals surface area (Å²) in [6, 6.07) is 48.9. The highest BCUT2D eigenvalue weighted by atomic mass is 28.3. The SMILES string of the molecule is CC(C)(C)c1cccc2c1CCC(O[Si](c1ccccc1)c1ccccc1)=C2C1CCOC1c1nc(-c2ccccc2)c(-c2ccccc2)o1. The summed E-state index contributed by atoms with van der Waals surface area (Å²) in [4.78, 5) is 5.23. The molecule has 1 aliphatic carbocycles. The maximum absolute atomic E-state index is 7.40. The molecule has 8 rings (SSSR count). The third-order valence-corrected chi connectivity index (χ3v) is 12.1. The fourth-order valence-electron chi connectivity index (χ4n) is 7.60. The Morgan fingerprint density at radius 3 is 1.90 bits per heavy atom. The predicted molar refractivity (Wildman–Crippen MR) is 204 cm³/mol. The number of aromatic nitrogens is 1. The molecule has 2 atom stereocenters. The van der Waals surface area contributed by atoms with Crippen molar-refractivity contribution >= 4 is 25.0 Å². The van der Waals surface area contributed by atoms with Gasteiger partial charge in [0.15, 0.2) is 5.76 Å². The molecule has 1 aromatic heterocycles. The van der Waals surface area contributed by atoms with Gasteiger partial charge in [0.2, 0.25) is 5.89 Å². The number of oxazole rings is 1. The average Bonchev–Trinajstić information content (AvgIpc) is 3.83. The van der Waals surface area contributed by atoms with Crippen LogP contribution in [0.1, 0.15) is 62.3 Å². The van der Waals surface area contributed by atoms with Gasteiger partial charge in [-0.05, 0) is 45.3 Å². The topological polar surface area (TPSA) is 44.5 Å². The van der Waals surface area contributed by atoms with Crippen LogP contribution in [0.2, 0.25) is 0 Å². The normalized spacial score (nSPS) is 17.6. The Kier molecular flexibility index (Phi) is 8.86. The Morgan fingerprint density at radius 2 is 1.28 bits per heavy atom. The van der Waals surface area contributed by atoms with Gasteiger partial charge >= 0.3 is 9.04 Å². The van der Waals surface area contributed by atoms with Gasteiger partial charge in [-0.3, -0.25) is 0 Å². The quantitative estimate of drug-likeness (QED) is 0.151. The number of benzene rings is 5. The molecule has 50 heavy (non-hydrogen) atoms. The van der Waals surface area contributed by atoms with E-state index in [0.717, 1.165) is 47.6 Å². The summed E-state index contributed by atoms with van der Waals surface area (Å²) >= 11 is 0. The molecule has 0 N–H and O–H groups in total. The second kappa shape index (κ2) is 13.7. The zero-order valence-electron chi connectivity index (χ0n) is 28.9. The van der Waals surface area contributed by atoms with Crippen molar-refractivity contribution in [2.45, 2.75) is 51.6 Å². The van der Waals surface area contributed by atoms with Crippen LogP contribution in [-0.4, -0.2) is 20.6 Å². The standard InChI is InChI=1S/C45H42NO3Si/c1-45(2,3)38-26-16-25-36-35(38)27-28-39(49-50(33-21-12-6-13-22-33)34-23-14-7-15-24-34)40(36)37-29-30-47-43(37)44-46-41(31-17-8-4-9-18-31)42(48-44)32-19-10-5-11-20-32/h4-26,37,43H,27-30H2,1-3H3. The molecule has 2 aliphatic rings. The van der Waals surface area contributed by atoms with E-state index in [1.807, 2.05) is 36.4 Å². The smallest absolute Gasteiger partial charge is 0.352 e. The highest BCUT2D eigenvalue weighted by Crippen LogP contribution is 2.50. The molecule has 2 heterocycles. The minimum Gasteiger partial charge on any atom is -0.536 e. The Morgan fingerprint density at radius 1 is 0.680 bits per heavy atom. The Balaban J connectivity index is 1.28. The summed E-state index contributed by atoms with van der Waals surface area (Å²) in [7, 11) is -1.59. The molecular formula is C45H42NO3Si. The van der Waals surface area contributed by atoms with E-state index in [9.17, 15) is 0 Å². The largest absolute Gasteiger partial charge is 0.536 e. The van der Waals surface area contributed by atoms with Crippen molar-refractivity contribution in [2.24, 2.45) is 5.92 Å². The van der Waals surface area contributed by atoms with Crippen LogP contribution in [0.15, 0.2) is 150 Å². The second-order valence-corrected chi connectivity index (χ2v) is 16.2. The summed E-state index contributed by atoms with van der Waals surface area (Å²) in [5, 5.41) is 2.47. The number of rotatable bonds is 8. The summed E-state index contributed by atoms with van der Waals surface area (Å²) in [5.41, 5.74) is 8.21. The maximum atomic E-state index is 7.40. The molecule has 0 saturated carbocycles. The van der Waals surface area contributed by atoms with Gasteiger partial charge in [0.25, 0.3) is 0 Å². The summed E-state index contributed by atoms with van der Waals surface area (Å²) in [5.74, 6) is 2.47. The molecule has 4 nitrogen and oxygen atoms in total. The predicted octanol–water partition coefficient (Wildman–Crippen LogP) is 9.56. The molecule has 249 valence electrons. The van der Waals surface area contributed by atoms with E-state index in [0.29, 0.717) is 12.5 Å². The van der Waals surface area contributed by atoms with Crippen molar-refractivity contribution in [1.82, 2.24) is 4.98 Å². The lowest BCUT2D eigenvalue weighted by Crippen LogP contribution is -2.45. The molecule has 1 fully saturated rings. The van der Waals surface area contributed by atoms with Crippen molar-refractivity contribution in [3.63, 3.8) is 0 Å². The van der Waals surface area contributed by atoms with Crippen LogP contribution in [0.5, 0.6) is 0 Å². The molecule has 5 heteroatoms. The van der Waals surface area contributed by atoms with Crippen LogP contribution in [0.4, 0.5) is 0 Å². The lowest BCUT2D eigenvalue weighted by atomic mass is 9.74. The summed E-state index contributed by atoms with van der Waals surface area (Å²) < 4.78 is 20.8. The fraction of sp³-hybridized carbons (Fsp3) is 0.222. The van der Waals surface area contributed by atoms with Gasteiger partial charge in [0.1, 0.15) is 11.8 Å². The first-order chi connectivity index (χ1) is 24.5. The van der Waals surface area contributed by atoms with Crippen molar-refractivity contribution in [3.05, 3.63) is 168 Å². The van der Waals surface area contributed by atoms with Gasteiger partial charge in [-0.25, -0.2) is 4.98 Å². The van der Waals surface area contributed by atoms with Gasteiger partial charge in [-0.1, -0.05) is 160 Å². The van der Waals surface area contributed by atoms with Gasteiger partial charge < -0.3 is 13.6 Å². The number of ether oxygens (including phenoxy) is 1. The number of allylic oxidation sites excluding steroid dienone is 1. The van der Waals surface area contributed by atoms with E-state index in [4.69, 9.17) is 18.6 Å². The van der Waals surface area contributed by atoms with Crippen LogP contribution in [0.25, 0.3) is 28.2 Å². The third-order valence-electron chi connectivity index (χ3n) is 9.91. The molecule has 1 aliphatic heterocycles. The van der Waals surface area contributed by atoms with Crippen molar-refractivity contribution in [2.75, 3.05) is 6.61 Å². The third kappa shape index (κ3) is 6.28. The van der Waals surface area contributed by atoms with Crippen molar-refractivity contribution < 1.29 is 13.6 Å². The monoisotopic (exact) mass is 672 g/mol. The molecule has 0 bridgehead atoms. The van der Waals surface area contributed by atoms with Crippen LogP contribution in [0.3, 0.4) is 0 Å². The van der Waals surface area contributed by atoms with Crippen LogP contribution in [0, 0.1) is 5.92 Å². The summed E-state index contributed by atoms with van der Waals surface area (Å²) in [6.45, 7) is 7.57. The van der Waals surface area contributed by atoms with Gasteiger partial charge in [-0.2, -0.15) is 0 Å². The Labute approximate surface area is 297 Å². The van der Waals surface area contributed by atoms with E-state index < -0.39 is 9.04 Å². The van der Waals surface area contributed by atoms with Gasteiger partial charge in [-0.15, -0.1) is 0 Å². The van der Waals surface area contributed by atoms with E-state index in [2.05, 4.69) is 124 Å². The fourth-order valence-corrected chi connectivity index (χ4v) is 9.62. The molecule has 0 amide bonds. The van der Waals surface area contributed by atoms with E-state index in [1.54, 1.807) is 0 Å². The minimum absolute atomic E-state index is 0.0139. The van der Waals surface area contributed by atoms with E-state index in [1.165, 1.54) is 32.6 Å². The summed E-state index contributed by atoms with van der Waals surface area (Å²) in [6.07, 6.45) is 2.28. The number of hydrogen-bond acceptors (Lipinski definition) is 4. The highest BCUT2D eigenvalue weighted by Gasteiger charge is 2.42. The van der Waals surface area contributed by atoms with Crippen molar-refractivity contribution in [3.8, 4) is 22.6 Å². The first-order valence-electron chi connectivity index (χ1n) is 17.7. The van der Waals surface area contributed by atoms with Gasteiger partial charge in [0, 0.05) is 35.6 Å². The lowest BCUT2D eigenvalue weighted by Gasteiger charge is -2.34. The molecule has 2 unspecified atom stereocenters. The Bertz CT molecular complexity index is 2000. The first-order valence-corrected chi connectivity index (χ1v) is 19.1. The maximum Gasteiger partial charge on any atom is 0.352 e. The molecular weight excluding hydrogens is 631 g/mol. The van der Waals surface area contributed by atoms with E-state index >= 15 is 0 Å². The molecule has 6 aromatic rings. The molecule has 1 saturated heterocycles. The van der Waals surface area contributed by atoms with Crippen molar-refractivity contribution in [1.29, 1.82) is 0 Å². The second-order valence-electron chi connectivity index (χ2n) is 14.2.